The third-order valence-electron chi connectivity index (χ3n) is 3.02. The van der Waals surface area contributed by atoms with E-state index >= 15 is 0 Å². The Bertz CT molecular complexity index is 826. The van der Waals surface area contributed by atoms with E-state index in [4.69, 9.17) is 16.2 Å². The lowest BCUT2D eigenvalue weighted by Gasteiger charge is -2.04. The van der Waals surface area contributed by atoms with Gasteiger partial charge in [0.25, 0.3) is 5.91 Å². The summed E-state index contributed by atoms with van der Waals surface area (Å²) in [6.45, 7) is 2.54. The monoisotopic (exact) mass is 287 g/mol. The Balaban J connectivity index is 2.26. The van der Waals surface area contributed by atoms with Crippen LogP contribution in [0.3, 0.4) is 0 Å². The number of carbonyl (C=O) groups excluding carboxylic acids is 1. The number of rotatable bonds is 3. The summed E-state index contributed by atoms with van der Waals surface area (Å²) in [7, 11) is 0. The standard InChI is InChI=1S/C14H13N3O2S/c1-2-19-8-3-4-10-7(5-8)6-9-11(15)12(13(16)18)20-14(9)17-10/h3-6H,2,15H2,1H3,(H2,16,18). The van der Waals surface area contributed by atoms with Gasteiger partial charge < -0.3 is 16.2 Å². The molecule has 5 nitrogen and oxygen atoms in total. The lowest BCUT2D eigenvalue weighted by Crippen LogP contribution is -2.10. The molecule has 1 aromatic carbocycles. The quantitative estimate of drug-likeness (QED) is 0.774. The molecule has 0 spiro atoms. The van der Waals surface area contributed by atoms with E-state index in [-0.39, 0.29) is 0 Å². The SMILES string of the molecule is CCOc1ccc2nc3sc(C(N)=O)c(N)c3cc2c1. The van der Waals surface area contributed by atoms with Crippen LogP contribution < -0.4 is 16.2 Å². The van der Waals surface area contributed by atoms with Gasteiger partial charge in [-0.2, -0.15) is 0 Å². The minimum atomic E-state index is -0.524. The van der Waals surface area contributed by atoms with E-state index in [0.29, 0.717) is 22.0 Å². The Hall–Kier alpha value is -2.34. The van der Waals surface area contributed by atoms with E-state index in [1.54, 1.807) is 0 Å². The molecule has 2 aromatic heterocycles. The lowest BCUT2D eigenvalue weighted by atomic mass is 10.1. The smallest absolute Gasteiger partial charge is 0.260 e. The number of fused-ring (bicyclic) bond motifs is 2. The van der Waals surface area contributed by atoms with Gasteiger partial charge in [0.15, 0.2) is 0 Å². The van der Waals surface area contributed by atoms with Crippen molar-refractivity contribution in [3.8, 4) is 5.75 Å². The van der Waals surface area contributed by atoms with E-state index < -0.39 is 5.91 Å². The normalized spacial score (nSPS) is 11.1. The molecule has 0 aliphatic rings. The van der Waals surface area contributed by atoms with E-state index in [0.717, 1.165) is 22.0 Å². The molecule has 3 rings (SSSR count). The fraction of sp³-hybridized carbons (Fsp3) is 0.143. The van der Waals surface area contributed by atoms with Gasteiger partial charge >= 0.3 is 0 Å². The van der Waals surface area contributed by atoms with Gasteiger partial charge in [-0.15, -0.1) is 11.3 Å². The molecule has 0 radical (unpaired) electrons. The molecule has 0 unspecified atom stereocenters. The summed E-state index contributed by atoms with van der Waals surface area (Å²) >= 11 is 1.22. The van der Waals surface area contributed by atoms with Gasteiger partial charge in [0.1, 0.15) is 15.5 Å². The van der Waals surface area contributed by atoms with Crippen molar-refractivity contribution in [2.45, 2.75) is 6.92 Å². The zero-order chi connectivity index (χ0) is 14.3. The number of benzene rings is 1. The minimum Gasteiger partial charge on any atom is -0.494 e. The second-order valence-electron chi connectivity index (χ2n) is 4.34. The highest BCUT2D eigenvalue weighted by Crippen LogP contribution is 2.34. The molecular formula is C14H13N3O2S. The van der Waals surface area contributed by atoms with Gasteiger partial charge in [-0.1, -0.05) is 0 Å². The number of primary amides is 1. The highest BCUT2D eigenvalue weighted by atomic mass is 32.1. The minimum absolute atomic E-state index is 0.354. The lowest BCUT2D eigenvalue weighted by molar-refractivity contribution is 0.100. The second kappa shape index (κ2) is 4.64. The highest BCUT2D eigenvalue weighted by Gasteiger charge is 2.15. The van der Waals surface area contributed by atoms with Gasteiger partial charge in [-0.05, 0) is 31.2 Å². The number of ether oxygens (including phenoxy) is 1. The molecule has 3 aromatic rings. The van der Waals surface area contributed by atoms with Gasteiger partial charge in [0, 0.05) is 10.8 Å². The number of nitrogen functional groups attached to an aromatic ring is 1. The van der Waals surface area contributed by atoms with E-state index in [1.165, 1.54) is 11.3 Å². The highest BCUT2D eigenvalue weighted by molar-refractivity contribution is 7.21. The van der Waals surface area contributed by atoms with Crippen LogP contribution in [0.2, 0.25) is 0 Å². The third kappa shape index (κ3) is 1.94. The molecule has 0 fully saturated rings. The van der Waals surface area contributed by atoms with Crippen molar-refractivity contribution in [2.75, 3.05) is 12.3 Å². The molecule has 0 atom stereocenters. The first-order valence-corrected chi connectivity index (χ1v) is 6.97. The van der Waals surface area contributed by atoms with Gasteiger partial charge in [-0.25, -0.2) is 4.98 Å². The molecule has 1 amide bonds. The summed E-state index contributed by atoms with van der Waals surface area (Å²) in [6, 6.07) is 7.58. The van der Waals surface area contributed by atoms with Crippen LogP contribution in [0.5, 0.6) is 5.75 Å². The molecule has 0 saturated carbocycles. The fourth-order valence-electron chi connectivity index (χ4n) is 2.12. The molecule has 20 heavy (non-hydrogen) atoms. The van der Waals surface area contributed by atoms with E-state index in [9.17, 15) is 4.79 Å². The molecule has 0 bridgehead atoms. The van der Waals surface area contributed by atoms with Crippen LogP contribution in [0, 0.1) is 0 Å². The molecule has 0 aliphatic heterocycles. The van der Waals surface area contributed by atoms with E-state index in [2.05, 4.69) is 4.98 Å². The van der Waals surface area contributed by atoms with Crippen molar-refractivity contribution in [2.24, 2.45) is 5.73 Å². The Kier molecular flexibility index (Phi) is 2.94. The molecule has 102 valence electrons. The maximum atomic E-state index is 11.3. The van der Waals surface area contributed by atoms with Crippen LogP contribution in [-0.2, 0) is 0 Å². The van der Waals surface area contributed by atoms with Gasteiger partial charge in [0.2, 0.25) is 0 Å². The average Bonchev–Trinajstić information content (AvgIpc) is 2.74. The topological polar surface area (TPSA) is 91.2 Å². The average molecular weight is 287 g/mol. The number of aromatic nitrogens is 1. The number of pyridine rings is 1. The van der Waals surface area contributed by atoms with Crippen LogP contribution in [0.25, 0.3) is 21.1 Å². The van der Waals surface area contributed by atoms with Crippen molar-refractivity contribution in [3.05, 3.63) is 29.1 Å². The summed E-state index contributed by atoms with van der Waals surface area (Å²) < 4.78 is 5.47. The van der Waals surface area contributed by atoms with Crippen molar-refractivity contribution >= 4 is 44.1 Å². The number of nitrogens with zero attached hydrogens (tertiary/aromatic N) is 1. The third-order valence-corrected chi connectivity index (χ3v) is 4.15. The predicted octanol–water partition coefficient (Wildman–Crippen LogP) is 2.53. The Morgan fingerprint density at radius 1 is 1.40 bits per heavy atom. The van der Waals surface area contributed by atoms with Crippen LogP contribution in [0.1, 0.15) is 16.6 Å². The number of hydrogen-bond donors (Lipinski definition) is 2. The van der Waals surface area contributed by atoms with Crippen LogP contribution in [0.4, 0.5) is 5.69 Å². The first-order valence-electron chi connectivity index (χ1n) is 6.15. The van der Waals surface area contributed by atoms with Gasteiger partial charge in [-0.3, -0.25) is 4.79 Å². The molecule has 4 N–H and O–H groups in total. The molecular weight excluding hydrogens is 274 g/mol. The largest absolute Gasteiger partial charge is 0.494 e. The van der Waals surface area contributed by atoms with Crippen LogP contribution in [0.15, 0.2) is 24.3 Å². The van der Waals surface area contributed by atoms with Crippen molar-refractivity contribution in [1.29, 1.82) is 0 Å². The van der Waals surface area contributed by atoms with Crippen LogP contribution >= 0.6 is 11.3 Å². The fourth-order valence-corrected chi connectivity index (χ4v) is 3.06. The maximum absolute atomic E-state index is 11.3. The number of thiophene rings is 1. The predicted molar refractivity (Wildman–Crippen MR) is 81.2 cm³/mol. The number of anilines is 1. The summed E-state index contributed by atoms with van der Waals surface area (Å²) in [4.78, 5) is 16.9. The molecule has 0 saturated heterocycles. The van der Waals surface area contributed by atoms with Crippen LogP contribution in [-0.4, -0.2) is 17.5 Å². The zero-order valence-electron chi connectivity index (χ0n) is 10.8. The second-order valence-corrected chi connectivity index (χ2v) is 5.34. The zero-order valence-corrected chi connectivity index (χ0v) is 11.7. The summed E-state index contributed by atoms with van der Waals surface area (Å²) in [5.74, 6) is 0.259. The molecule has 2 heterocycles. The first kappa shape index (κ1) is 12.7. The van der Waals surface area contributed by atoms with Gasteiger partial charge in [0.05, 0.1) is 17.8 Å². The Morgan fingerprint density at radius 2 is 2.20 bits per heavy atom. The molecule has 6 heteroatoms. The Morgan fingerprint density at radius 3 is 2.90 bits per heavy atom. The maximum Gasteiger partial charge on any atom is 0.260 e. The number of nitrogens with two attached hydrogens (primary N) is 2. The summed E-state index contributed by atoms with van der Waals surface area (Å²) in [5.41, 5.74) is 12.5. The van der Waals surface area contributed by atoms with Crippen molar-refractivity contribution in [1.82, 2.24) is 4.98 Å². The number of hydrogen-bond acceptors (Lipinski definition) is 5. The summed E-state index contributed by atoms with van der Waals surface area (Å²) in [6.07, 6.45) is 0. The Labute approximate surface area is 119 Å². The first-order chi connectivity index (χ1) is 9.60. The number of carbonyl (C=O) groups is 1. The number of amides is 1. The van der Waals surface area contributed by atoms with Crippen molar-refractivity contribution < 1.29 is 9.53 Å². The van der Waals surface area contributed by atoms with E-state index in [1.807, 2.05) is 31.2 Å². The van der Waals surface area contributed by atoms with Crippen molar-refractivity contribution in [3.63, 3.8) is 0 Å². The summed E-state index contributed by atoms with van der Waals surface area (Å²) in [5, 5.41) is 1.67. The molecule has 0 aliphatic carbocycles.